The van der Waals surface area contributed by atoms with E-state index < -0.39 is 0 Å². The van der Waals surface area contributed by atoms with Crippen molar-refractivity contribution in [3.05, 3.63) is 42.1 Å². The van der Waals surface area contributed by atoms with E-state index >= 15 is 0 Å². The zero-order chi connectivity index (χ0) is 15.2. The van der Waals surface area contributed by atoms with Gasteiger partial charge in [0.25, 0.3) is 5.91 Å². The highest BCUT2D eigenvalue weighted by Crippen LogP contribution is 2.13. The molecule has 1 heterocycles. The quantitative estimate of drug-likeness (QED) is 0.642. The summed E-state index contributed by atoms with van der Waals surface area (Å²) in [5, 5.41) is 5.06. The number of nitrogens with one attached hydrogen (secondary N) is 1. The van der Waals surface area contributed by atoms with Crippen molar-refractivity contribution in [1.29, 1.82) is 0 Å². The van der Waals surface area contributed by atoms with Gasteiger partial charge in [0.1, 0.15) is 0 Å². The van der Waals surface area contributed by atoms with Crippen molar-refractivity contribution in [1.82, 2.24) is 10.4 Å². The van der Waals surface area contributed by atoms with Crippen LogP contribution in [-0.4, -0.2) is 23.1 Å². The Bertz CT molecular complexity index is 646. The van der Waals surface area contributed by atoms with E-state index in [0.29, 0.717) is 5.92 Å². The van der Waals surface area contributed by atoms with Gasteiger partial charge in [-0.1, -0.05) is 38.1 Å². The zero-order valence-corrected chi connectivity index (χ0v) is 12.4. The molecule has 0 saturated heterocycles. The van der Waals surface area contributed by atoms with Crippen LogP contribution >= 0.6 is 0 Å². The highest BCUT2D eigenvalue weighted by atomic mass is 16.2. The molecule has 5 heteroatoms. The fraction of sp³-hybridized carbons (Fsp3) is 0.312. The predicted molar refractivity (Wildman–Crippen MR) is 83.6 cm³/mol. The number of carbonyl (C=O) groups excluding carboxylic acids is 1. The van der Waals surface area contributed by atoms with Crippen LogP contribution in [0.3, 0.4) is 0 Å². The first-order chi connectivity index (χ1) is 10.1. The molecule has 110 valence electrons. The second-order valence-electron chi connectivity index (χ2n) is 5.48. The molecular weight excluding hydrogens is 264 g/mol. The minimum Gasteiger partial charge on any atom is -0.347 e. The van der Waals surface area contributed by atoms with Gasteiger partial charge < -0.3 is 5.73 Å². The number of hydrazone groups is 1. The number of hydrogen-bond acceptors (Lipinski definition) is 3. The number of pyridine rings is 1. The number of para-hydroxylation sites is 1. The minimum atomic E-state index is -0.284. The number of hydrogen-bond donors (Lipinski definition) is 2. The van der Waals surface area contributed by atoms with Crippen LogP contribution in [0, 0.1) is 5.92 Å². The number of rotatable bonds is 5. The molecule has 0 saturated carbocycles. The summed E-state index contributed by atoms with van der Waals surface area (Å²) in [6.45, 7) is 4.13. The Hall–Kier alpha value is -2.27. The molecule has 4 N–H and O–H groups in total. The fourth-order valence-corrected chi connectivity index (χ4v) is 2.16. The number of nitrogens with zero attached hydrogens (tertiary/aromatic N) is 2. The predicted octanol–water partition coefficient (Wildman–Crippen LogP) is 1.34. The van der Waals surface area contributed by atoms with Crippen LogP contribution < -0.4 is 11.2 Å². The molecule has 1 aromatic carbocycles. The third-order valence-electron chi connectivity index (χ3n) is 3.17. The maximum Gasteiger partial charge on any atom is 0.298 e. The summed E-state index contributed by atoms with van der Waals surface area (Å²) in [5.74, 6) is 0.276. The summed E-state index contributed by atoms with van der Waals surface area (Å²) in [5.41, 5.74) is 8.14. The molecule has 0 aliphatic heterocycles. The molecule has 1 aromatic heterocycles. The third-order valence-corrected chi connectivity index (χ3v) is 3.17. The lowest BCUT2D eigenvalue weighted by molar-refractivity contribution is -0.406. The lowest BCUT2D eigenvalue weighted by atomic mass is 10.0. The van der Waals surface area contributed by atoms with Gasteiger partial charge in [0.2, 0.25) is 0 Å². The highest BCUT2D eigenvalue weighted by Gasteiger charge is 2.17. The second kappa shape index (κ2) is 6.95. The number of aromatic nitrogens is 1. The van der Waals surface area contributed by atoms with Crippen LogP contribution in [0.5, 0.6) is 0 Å². The lowest BCUT2D eigenvalue weighted by Gasteiger charge is -2.08. The van der Waals surface area contributed by atoms with Crippen LogP contribution in [0.1, 0.15) is 25.8 Å². The SMILES string of the molecule is CC(C)C[C@H]([NH3+])C(=O)N/N=C\c1cccc2cccnc12. The number of amides is 1. The van der Waals surface area contributed by atoms with E-state index in [1.807, 2.05) is 30.3 Å². The average Bonchev–Trinajstić information content (AvgIpc) is 2.46. The van der Waals surface area contributed by atoms with E-state index in [0.717, 1.165) is 22.9 Å². The zero-order valence-electron chi connectivity index (χ0n) is 12.4. The molecule has 21 heavy (non-hydrogen) atoms. The first-order valence-corrected chi connectivity index (χ1v) is 7.07. The van der Waals surface area contributed by atoms with Gasteiger partial charge in [-0.3, -0.25) is 9.78 Å². The van der Waals surface area contributed by atoms with E-state index in [4.69, 9.17) is 0 Å². The largest absolute Gasteiger partial charge is 0.347 e. The first-order valence-electron chi connectivity index (χ1n) is 7.07. The van der Waals surface area contributed by atoms with E-state index in [1.165, 1.54) is 0 Å². The topological polar surface area (TPSA) is 82.0 Å². The van der Waals surface area contributed by atoms with E-state index in [-0.39, 0.29) is 11.9 Å². The van der Waals surface area contributed by atoms with Crippen molar-refractivity contribution in [3.63, 3.8) is 0 Å². The lowest BCUT2D eigenvalue weighted by Crippen LogP contribution is -2.67. The molecule has 5 nitrogen and oxygen atoms in total. The third kappa shape index (κ3) is 4.10. The van der Waals surface area contributed by atoms with Gasteiger partial charge in [0, 0.05) is 23.6 Å². The van der Waals surface area contributed by atoms with Gasteiger partial charge in [0.15, 0.2) is 6.04 Å². The van der Waals surface area contributed by atoms with Crippen LogP contribution in [0.25, 0.3) is 10.9 Å². The van der Waals surface area contributed by atoms with Gasteiger partial charge in [-0.05, 0) is 12.0 Å². The minimum absolute atomic E-state index is 0.159. The molecule has 0 bridgehead atoms. The number of quaternary nitrogens is 1. The Labute approximate surface area is 124 Å². The fourth-order valence-electron chi connectivity index (χ4n) is 2.16. The molecule has 0 spiro atoms. The summed E-state index contributed by atoms with van der Waals surface area (Å²) >= 11 is 0. The van der Waals surface area contributed by atoms with Crippen LogP contribution in [0.15, 0.2) is 41.6 Å². The molecule has 2 aromatic rings. The Morgan fingerprint density at radius 3 is 2.90 bits per heavy atom. The highest BCUT2D eigenvalue weighted by molar-refractivity contribution is 5.97. The van der Waals surface area contributed by atoms with Crippen molar-refractivity contribution < 1.29 is 10.5 Å². The van der Waals surface area contributed by atoms with Crippen LogP contribution in [0.4, 0.5) is 0 Å². The first kappa shape index (κ1) is 15.1. The molecular formula is C16H21N4O+. The van der Waals surface area contributed by atoms with Gasteiger partial charge in [0.05, 0.1) is 11.7 Å². The molecule has 0 aliphatic rings. The van der Waals surface area contributed by atoms with Crippen molar-refractivity contribution in [2.45, 2.75) is 26.3 Å². The molecule has 0 fully saturated rings. The summed E-state index contributed by atoms with van der Waals surface area (Å²) in [6, 6.07) is 9.45. The standard InChI is InChI=1S/C16H20N4O/c1-11(2)9-14(17)16(21)20-19-10-13-6-3-5-12-7-4-8-18-15(12)13/h3-8,10-11,14H,9,17H2,1-2H3,(H,20,21)/p+1/b19-10-/t14-/m0/s1. The Morgan fingerprint density at radius 2 is 2.14 bits per heavy atom. The van der Waals surface area contributed by atoms with Crippen molar-refractivity contribution in [2.24, 2.45) is 11.0 Å². The van der Waals surface area contributed by atoms with Crippen molar-refractivity contribution in [2.75, 3.05) is 0 Å². The molecule has 0 unspecified atom stereocenters. The molecule has 2 rings (SSSR count). The van der Waals surface area contributed by atoms with Gasteiger partial charge in [-0.15, -0.1) is 0 Å². The van der Waals surface area contributed by atoms with Crippen molar-refractivity contribution in [3.8, 4) is 0 Å². The Kier molecular flexibility index (Phi) is 5.00. The summed E-state index contributed by atoms with van der Waals surface area (Å²) in [4.78, 5) is 16.2. The summed E-state index contributed by atoms with van der Waals surface area (Å²) in [6.07, 6.45) is 4.11. The number of carbonyl (C=O) groups is 1. The molecule has 1 amide bonds. The van der Waals surface area contributed by atoms with E-state index in [2.05, 4.69) is 35.1 Å². The van der Waals surface area contributed by atoms with Crippen molar-refractivity contribution >= 4 is 23.0 Å². The maximum atomic E-state index is 11.8. The van der Waals surface area contributed by atoms with E-state index in [9.17, 15) is 4.79 Å². The van der Waals surface area contributed by atoms with Gasteiger partial charge in [-0.2, -0.15) is 5.10 Å². The smallest absolute Gasteiger partial charge is 0.298 e. The van der Waals surface area contributed by atoms with Gasteiger partial charge >= 0.3 is 0 Å². The van der Waals surface area contributed by atoms with Gasteiger partial charge in [-0.25, -0.2) is 5.43 Å². The average molecular weight is 285 g/mol. The summed E-state index contributed by atoms with van der Waals surface area (Å²) in [7, 11) is 0. The van der Waals surface area contributed by atoms with Crippen LogP contribution in [0.2, 0.25) is 0 Å². The Balaban J connectivity index is 2.05. The normalized spacial score (nSPS) is 13.0. The maximum absolute atomic E-state index is 11.8. The molecule has 1 atom stereocenters. The van der Waals surface area contributed by atoms with E-state index in [1.54, 1.807) is 12.4 Å². The summed E-state index contributed by atoms with van der Waals surface area (Å²) < 4.78 is 0. The second-order valence-corrected chi connectivity index (χ2v) is 5.48. The van der Waals surface area contributed by atoms with Crippen LogP contribution in [-0.2, 0) is 4.79 Å². The number of benzene rings is 1. The number of fused-ring (bicyclic) bond motifs is 1. The molecule has 0 aliphatic carbocycles. The Morgan fingerprint density at radius 1 is 1.38 bits per heavy atom. The monoisotopic (exact) mass is 285 g/mol. The molecule has 0 radical (unpaired) electrons.